The van der Waals surface area contributed by atoms with Gasteiger partial charge in [0.15, 0.2) is 12.4 Å². The molecule has 0 unspecified atom stereocenters. The fourth-order valence-corrected chi connectivity index (χ4v) is 1.61. The molecule has 1 aromatic carbocycles. The predicted molar refractivity (Wildman–Crippen MR) is 64.4 cm³/mol. The van der Waals surface area contributed by atoms with E-state index in [1.807, 2.05) is 32.0 Å². The van der Waals surface area contributed by atoms with Crippen LogP contribution in [0.5, 0.6) is 5.75 Å². The maximum atomic E-state index is 11.6. The Hall–Kier alpha value is -2.03. The SMILES string of the molecule is Cc1ccc(OCC(=O)c2ccco2)c(C)c1. The van der Waals surface area contributed by atoms with Gasteiger partial charge in [0.25, 0.3) is 0 Å². The van der Waals surface area contributed by atoms with Crippen molar-refractivity contribution in [1.82, 2.24) is 0 Å². The first-order valence-electron chi connectivity index (χ1n) is 5.43. The molecular formula is C14H14O3. The summed E-state index contributed by atoms with van der Waals surface area (Å²) in [6.45, 7) is 3.97. The van der Waals surface area contributed by atoms with Crippen LogP contribution < -0.4 is 4.74 Å². The predicted octanol–water partition coefficient (Wildman–Crippen LogP) is 3.16. The van der Waals surface area contributed by atoms with E-state index < -0.39 is 0 Å². The first kappa shape index (κ1) is 11.5. The van der Waals surface area contributed by atoms with Gasteiger partial charge in [-0.25, -0.2) is 0 Å². The maximum absolute atomic E-state index is 11.6. The highest BCUT2D eigenvalue weighted by Gasteiger charge is 2.10. The molecule has 1 aromatic heterocycles. The van der Waals surface area contributed by atoms with Crippen LogP contribution in [-0.4, -0.2) is 12.4 Å². The van der Waals surface area contributed by atoms with E-state index in [1.54, 1.807) is 12.1 Å². The zero-order chi connectivity index (χ0) is 12.3. The molecule has 0 saturated carbocycles. The molecule has 0 bridgehead atoms. The molecule has 0 aliphatic carbocycles. The molecular weight excluding hydrogens is 216 g/mol. The quantitative estimate of drug-likeness (QED) is 0.757. The number of aryl methyl sites for hydroxylation is 2. The van der Waals surface area contributed by atoms with E-state index in [2.05, 4.69) is 0 Å². The van der Waals surface area contributed by atoms with Crippen molar-refractivity contribution >= 4 is 5.78 Å². The van der Waals surface area contributed by atoms with Crippen LogP contribution in [0.2, 0.25) is 0 Å². The fraction of sp³-hybridized carbons (Fsp3) is 0.214. The van der Waals surface area contributed by atoms with Crippen LogP contribution in [0.4, 0.5) is 0 Å². The van der Waals surface area contributed by atoms with Crippen molar-refractivity contribution in [2.75, 3.05) is 6.61 Å². The molecule has 0 aliphatic rings. The molecule has 2 aromatic rings. The van der Waals surface area contributed by atoms with Gasteiger partial charge >= 0.3 is 0 Å². The summed E-state index contributed by atoms with van der Waals surface area (Å²) in [5.41, 5.74) is 2.20. The highest BCUT2D eigenvalue weighted by Crippen LogP contribution is 2.18. The van der Waals surface area contributed by atoms with Crippen molar-refractivity contribution in [1.29, 1.82) is 0 Å². The molecule has 17 heavy (non-hydrogen) atoms. The van der Waals surface area contributed by atoms with Gasteiger partial charge in [-0.1, -0.05) is 17.7 Å². The Balaban J connectivity index is 2.01. The molecule has 0 saturated heterocycles. The number of rotatable bonds is 4. The van der Waals surface area contributed by atoms with Gasteiger partial charge in [0.2, 0.25) is 5.78 Å². The zero-order valence-corrected chi connectivity index (χ0v) is 9.90. The van der Waals surface area contributed by atoms with Crippen LogP contribution in [0, 0.1) is 13.8 Å². The summed E-state index contributed by atoms with van der Waals surface area (Å²) in [5.74, 6) is 0.903. The molecule has 0 radical (unpaired) electrons. The lowest BCUT2D eigenvalue weighted by Gasteiger charge is -2.08. The average Bonchev–Trinajstić information content (AvgIpc) is 2.81. The van der Waals surface area contributed by atoms with Gasteiger partial charge in [0, 0.05) is 0 Å². The highest BCUT2D eigenvalue weighted by molar-refractivity contribution is 5.94. The lowest BCUT2D eigenvalue weighted by molar-refractivity contribution is 0.0893. The third-order valence-electron chi connectivity index (χ3n) is 2.49. The van der Waals surface area contributed by atoms with Crippen LogP contribution in [0.25, 0.3) is 0 Å². The normalized spacial score (nSPS) is 10.2. The van der Waals surface area contributed by atoms with E-state index in [0.717, 1.165) is 11.3 Å². The number of carbonyl (C=O) groups is 1. The van der Waals surface area contributed by atoms with E-state index in [4.69, 9.17) is 9.15 Å². The van der Waals surface area contributed by atoms with Crippen molar-refractivity contribution in [2.24, 2.45) is 0 Å². The molecule has 0 amide bonds. The van der Waals surface area contributed by atoms with Gasteiger partial charge in [-0.15, -0.1) is 0 Å². The fourth-order valence-electron chi connectivity index (χ4n) is 1.61. The zero-order valence-electron chi connectivity index (χ0n) is 9.90. The largest absolute Gasteiger partial charge is 0.485 e. The minimum absolute atomic E-state index is 0.00257. The van der Waals surface area contributed by atoms with E-state index in [1.165, 1.54) is 11.8 Å². The molecule has 0 spiro atoms. The number of hydrogen-bond acceptors (Lipinski definition) is 3. The second-order valence-electron chi connectivity index (χ2n) is 3.96. The summed E-state index contributed by atoms with van der Waals surface area (Å²) in [7, 11) is 0. The summed E-state index contributed by atoms with van der Waals surface area (Å²) >= 11 is 0. The summed E-state index contributed by atoms with van der Waals surface area (Å²) in [6, 6.07) is 9.17. The number of hydrogen-bond donors (Lipinski definition) is 0. The molecule has 88 valence electrons. The Labute approximate surface area is 100 Å². The summed E-state index contributed by atoms with van der Waals surface area (Å²) in [4.78, 5) is 11.6. The smallest absolute Gasteiger partial charge is 0.235 e. The Morgan fingerprint density at radius 1 is 1.29 bits per heavy atom. The van der Waals surface area contributed by atoms with Crippen LogP contribution in [0.3, 0.4) is 0 Å². The number of carbonyl (C=O) groups excluding carboxylic acids is 1. The number of furan rings is 1. The molecule has 0 fully saturated rings. The van der Waals surface area contributed by atoms with Crippen LogP contribution in [0.1, 0.15) is 21.7 Å². The lowest BCUT2D eigenvalue weighted by atomic mass is 10.1. The van der Waals surface area contributed by atoms with Gasteiger partial charge < -0.3 is 9.15 Å². The minimum atomic E-state index is -0.157. The van der Waals surface area contributed by atoms with Crippen molar-refractivity contribution in [3.05, 3.63) is 53.5 Å². The third-order valence-corrected chi connectivity index (χ3v) is 2.49. The van der Waals surface area contributed by atoms with Crippen LogP contribution in [-0.2, 0) is 0 Å². The molecule has 0 N–H and O–H groups in total. The van der Waals surface area contributed by atoms with Crippen molar-refractivity contribution in [3.63, 3.8) is 0 Å². The topological polar surface area (TPSA) is 39.4 Å². The summed E-state index contributed by atoms with van der Waals surface area (Å²) in [5, 5.41) is 0. The number of benzene rings is 1. The first-order valence-corrected chi connectivity index (χ1v) is 5.43. The van der Waals surface area contributed by atoms with E-state index in [9.17, 15) is 4.79 Å². The molecule has 1 heterocycles. The Bertz CT molecular complexity index is 512. The van der Waals surface area contributed by atoms with E-state index in [-0.39, 0.29) is 12.4 Å². The van der Waals surface area contributed by atoms with Gasteiger partial charge in [0.1, 0.15) is 5.75 Å². The van der Waals surface area contributed by atoms with Gasteiger partial charge in [-0.2, -0.15) is 0 Å². The number of ketones is 1. The average molecular weight is 230 g/mol. The summed E-state index contributed by atoms with van der Waals surface area (Å²) in [6.07, 6.45) is 1.48. The molecule has 0 aliphatic heterocycles. The molecule has 2 rings (SSSR count). The second kappa shape index (κ2) is 4.87. The van der Waals surface area contributed by atoms with Crippen molar-refractivity contribution in [2.45, 2.75) is 13.8 Å². The van der Waals surface area contributed by atoms with Crippen LogP contribution in [0.15, 0.2) is 41.0 Å². The minimum Gasteiger partial charge on any atom is -0.485 e. The first-order chi connectivity index (χ1) is 8.16. The van der Waals surface area contributed by atoms with Crippen molar-refractivity contribution < 1.29 is 13.9 Å². The molecule has 3 heteroatoms. The van der Waals surface area contributed by atoms with E-state index in [0.29, 0.717) is 5.76 Å². The summed E-state index contributed by atoms with van der Waals surface area (Å²) < 4.78 is 10.5. The third kappa shape index (κ3) is 2.75. The Morgan fingerprint density at radius 2 is 2.12 bits per heavy atom. The Kier molecular flexibility index (Phi) is 3.28. The number of Topliss-reactive ketones (excluding diaryl/α,β-unsaturated/α-hetero) is 1. The van der Waals surface area contributed by atoms with Gasteiger partial charge in [0.05, 0.1) is 6.26 Å². The van der Waals surface area contributed by atoms with Gasteiger partial charge in [-0.05, 0) is 37.6 Å². The Morgan fingerprint density at radius 3 is 2.76 bits per heavy atom. The van der Waals surface area contributed by atoms with Crippen molar-refractivity contribution in [3.8, 4) is 5.75 Å². The van der Waals surface area contributed by atoms with E-state index >= 15 is 0 Å². The van der Waals surface area contributed by atoms with Crippen LogP contribution >= 0.6 is 0 Å². The lowest BCUT2D eigenvalue weighted by Crippen LogP contribution is -2.11. The highest BCUT2D eigenvalue weighted by atomic mass is 16.5. The number of ether oxygens (including phenoxy) is 1. The maximum Gasteiger partial charge on any atom is 0.235 e. The standard InChI is InChI=1S/C14H14O3/c1-10-5-6-13(11(2)8-10)17-9-12(15)14-4-3-7-16-14/h3-8H,9H2,1-2H3. The molecule has 0 atom stereocenters. The molecule has 3 nitrogen and oxygen atoms in total. The monoisotopic (exact) mass is 230 g/mol. The second-order valence-corrected chi connectivity index (χ2v) is 3.96. The van der Waals surface area contributed by atoms with Gasteiger partial charge in [-0.3, -0.25) is 4.79 Å².